The molecule has 0 radical (unpaired) electrons. The molecule has 0 aliphatic carbocycles. The van der Waals surface area contributed by atoms with E-state index < -0.39 is 16.1 Å². The first-order chi connectivity index (χ1) is 15.4. The fraction of sp³-hybridized carbons (Fsp3) is 0.0870. The molecule has 2 aromatic carbocycles. The summed E-state index contributed by atoms with van der Waals surface area (Å²) in [6.45, 7) is 1.81. The number of hydrogen-bond acceptors (Lipinski definition) is 7. The van der Waals surface area contributed by atoms with Gasteiger partial charge in [-0.25, -0.2) is 0 Å². The average Bonchev–Trinajstić information content (AvgIpc) is 3.34. The maximum atomic E-state index is 12.8. The third-order valence-corrected chi connectivity index (χ3v) is 5.84. The first-order valence-electron chi connectivity index (χ1n) is 9.46. The molecule has 2 heterocycles. The quantitative estimate of drug-likeness (QED) is 0.298. The molecular formula is C23H15N3O5S. The zero-order valence-electron chi connectivity index (χ0n) is 16.8. The van der Waals surface area contributed by atoms with Crippen molar-refractivity contribution in [3.8, 4) is 17.4 Å². The molecule has 1 aromatic heterocycles. The third-order valence-electron chi connectivity index (χ3n) is 4.94. The van der Waals surface area contributed by atoms with Gasteiger partial charge in [0.15, 0.2) is 0 Å². The highest BCUT2D eigenvalue weighted by atomic mass is 32.2. The largest absolute Gasteiger partial charge is 0.457 e. The number of thioether (sulfide) groups is 1. The Hall–Kier alpha value is -4.16. The Balaban J connectivity index is 1.58. The molecule has 2 amide bonds. The number of benzene rings is 2. The van der Waals surface area contributed by atoms with Crippen molar-refractivity contribution in [2.45, 2.75) is 13.5 Å². The third kappa shape index (κ3) is 4.04. The number of carbonyl (C=O) groups is 2. The van der Waals surface area contributed by atoms with Crippen LogP contribution in [-0.2, 0) is 11.3 Å². The van der Waals surface area contributed by atoms with Gasteiger partial charge in [-0.15, -0.1) is 0 Å². The average molecular weight is 445 g/mol. The summed E-state index contributed by atoms with van der Waals surface area (Å²) in [5.41, 5.74) is 2.30. The minimum atomic E-state index is -0.479. The van der Waals surface area contributed by atoms with E-state index in [1.807, 2.05) is 6.92 Å². The maximum absolute atomic E-state index is 12.8. The maximum Gasteiger partial charge on any atom is 0.293 e. The molecule has 0 spiro atoms. The zero-order valence-corrected chi connectivity index (χ0v) is 17.6. The van der Waals surface area contributed by atoms with Crippen LogP contribution in [0.1, 0.15) is 22.5 Å². The summed E-state index contributed by atoms with van der Waals surface area (Å²) in [6, 6.07) is 16.6. The molecule has 3 aromatic rings. The molecule has 158 valence electrons. The van der Waals surface area contributed by atoms with Gasteiger partial charge in [-0.1, -0.05) is 24.3 Å². The summed E-state index contributed by atoms with van der Waals surface area (Å²) in [5, 5.41) is 19.9. The number of rotatable bonds is 5. The second-order valence-corrected chi connectivity index (χ2v) is 7.99. The van der Waals surface area contributed by atoms with Crippen molar-refractivity contribution in [2.75, 3.05) is 0 Å². The SMILES string of the molecule is Cc1ccc([N+](=O)[O-])cc1-c1ccc(/C=C2/SC(=O)N(Cc3ccccc3C#N)C2=O)o1. The van der Waals surface area contributed by atoms with Crippen LogP contribution in [0.3, 0.4) is 0 Å². The molecule has 0 N–H and O–H groups in total. The molecule has 32 heavy (non-hydrogen) atoms. The molecule has 1 saturated heterocycles. The monoisotopic (exact) mass is 445 g/mol. The van der Waals surface area contributed by atoms with Crippen molar-refractivity contribution >= 4 is 34.7 Å². The number of nitriles is 1. The summed E-state index contributed by atoms with van der Waals surface area (Å²) in [6.07, 6.45) is 1.47. The Morgan fingerprint density at radius 1 is 1.19 bits per heavy atom. The van der Waals surface area contributed by atoms with E-state index in [2.05, 4.69) is 6.07 Å². The number of non-ortho nitro benzene ring substituents is 1. The Labute approximate surface area is 186 Å². The number of furan rings is 1. The molecule has 1 fully saturated rings. The lowest BCUT2D eigenvalue weighted by Gasteiger charge is -2.13. The lowest BCUT2D eigenvalue weighted by Crippen LogP contribution is -2.27. The standard InChI is InChI=1S/C23H15N3O5S/c1-14-6-7-17(26(29)30)10-19(14)20-9-8-18(31-20)11-21-22(27)25(23(28)32-21)13-16-5-3-2-4-15(16)12-24/h2-11H,13H2,1H3/b21-11+. The van der Waals surface area contributed by atoms with Crippen molar-refractivity contribution in [1.82, 2.24) is 4.90 Å². The van der Waals surface area contributed by atoms with Crippen LogP contribution in [0.15, 0.2) is 63.9 Å². The lowest BCUT2D eigenvalue weighted by atomic mass is 10.1. The number of nitro groups is 1. The summed E-state index contributed by atoms with van der Waals surface area (Å²) < 4.78 is 5.78. The van der Waals surface area contributed by atoms with Crippen molar-refractivity contribution in [1.29, 1.82) is 5.26 Å². The van der Waals surface area contributed by atoms with E-state index in [-0.39, 0.29) is 17.1 Å². The highest BCUT2D eigenvalue weighted by Crippen LogP contribution is 2.35. The zero-order chi connectivity index (χ0) is 22.8. The molecule has 0 bridgehead atoms. The normalized spacial score (nSPS) is 14.8. The molecule has 1 aliphatic rings. The minimum Gasteiger partial charge on any atom is -0.457 e. The predicted molar refractivity (Wildman–Crippen MR) is 118 cm³/mol. The van der Waals surface area contributed by atoms with Gasteiger partial charge in [-0.05, 0) is 48.0 Å². The highest BCUT2D eigenvalue weighted by molar-refractivity contribution is 8.18. The molecule has 9 heteroatoms. The fourth-order valence-corrected chi connectivity index (χ4v) is 4.09. The number of carbonyl (C=O) groups excluding carboxylic acids is 2. The van der Waals surface area contributed by atoms with Crippen LogP contribution in [0.5, 0.6) is 0 Å². The predicted octanol–water partition coefficient (Wildman–Crippen LogP) is 5.27. The van der Waals surface area contributed by atoms with Gasteiger partial charge in [0.1, 0.15) is 11.5 Å². The van der Waals surface area contributed by atoms with Crippen molar-refractivity contribution < 1.29 is 18.9 Å². The molecule has 0 unspecified atom stereocenters. The van der Waals surface area contributed by atoms with Gasteiger partial charge in [0.2, 0.25) is 0 Å². The van der Waals surface area contributed by atoms with E-state index >= 15 is 0 Å². The van der Waals surface area contributed by atoms with Gasteiger partial charge in [-0.2, -0.15) is 5.26 Å². The van der Waals surface area contributed by atoms with Gasteiger partial charge in [0, 0.05) is 23.8 Å². The van der Waals surface area contributed by atoms with Crippen LogP contribution in [0.2, 0.25) is 0 Å². The number of hydrogen-bond donors (Lipinski definition) is 0. The van der Waals surface area contributed by atoms with Gasteiger partial charge < -0.3 is 4.42 Å². The Morgan fingerprint density at radius 2 is 1.97 bits per heavy atom. The van der Waals surface area contributed by atoms with Gasteiger partial charge in [0.05, 0.1) is 28.0 Å². The van der Waals surface area contributed by atoms with Crippen LogP contribution < -0.4 is 0 Å². The number of amides is 2. The lowest BCUT2D eigenvalue weighted by molar-refractivity contribution is -0.384. The van der Waals surface area contributed by atoms with Crippen LogP contribution in [-0.4, -0.2) is 21.0 Å². The molecule has 1 aliphatic heterocycles. The second-order valence-electron chi connectivity index (χ2n) is 7.00. The van der Waals surface area contributed by atoms with Crippen molar-refractivity contribution in [3.05, 3.63) is 92.1 Å². The topological polar surface area (TPSA) is 117 Å². The number of nitro benzene ring substituents is 1. The number of nitrogens with zero attached hydrogens (tertiary/aromatic N) is 3. The smallest absolute Gasteiger partial charge is 0.293 e. The summed E-state index contributed by atoms with van der Waals surface area (Å²) >= 11 is 0.790. The van der Waals surface area contributed by atoms with E-state index in [9.17, 15) is 25.0 Å². The number of imide groups is 1. The Morgan fingerprint density at radius 3 is 2.72 bits per heavy atom. The van der Waals surface area contributed by atoms with E-state index in [1.165, 1.54) is 18.2 Å². The van der Waals surface area contributed by atoms with Gasteiger partial charge in [-0.3, -0.25) is 24.6 Å². The summed E-state index contributed by atoms with van der Waals surface area (Å²) in [5.74, 6) is 0.283. The molecular weight excluding hydrogens is 430 g/mol. The van der Waals surface area contributed by atoms with Gasteiger partial charge >= 0.3 is 0 Å². The van der Waals surface area contributed by atoms with E-state index in [1.54, 1.807) is 42.5 Å². The fourth-order valence-electron chi connectivity index (χ4n) is 3.27. The van der Waals surface area contributed by atoms with Crippen molar-refractivity contribution in [3.63, 3.8) is 0 Å². The minimum absolute atomic E-state index is 0.00201. The first-order valence-corrected chi connectivity index (χ1v) is 10.3. The van der Waals surface area contributed by atoms with Crippen LogP contribution in [0, 0.1) is 28.4 Å². The summed E-state index contributed by atoms with van der Waals surface area (Å²) in [7, 11) is 0. The highest BCUT2D eigenvalue weighted by Gasteiger charge is 2.35. The summed E-state index contributed by atoms with van der Waals surface area (Å²) in [4.78, 5) is 37.1. The van der Waals surface area contributed by atoms with Gasteiger partial charge in [0.25, 0.3) is 16.8 Å². The van der Waals surface area contributed by atoms with E-state index in [0.29, 0.717) is 28.2 Å². The number of aryl methyl sites for hydroxylation is 1. The molecule has 8 nitrogen and oxygen atoms in total. The first kappa shape index (κ1) is 21.1. The molecule has 0 atom stereocenters. The van der Waals surface area contributed by atoms with E-state index in [4.69, 9.17) is 4.42 Å². The van der Waals surface area contributed by atoms with Crippen LogP contribution in [0.4, 0.5) is 10.5 Å². The Bertz CT molecular complexity index is 1340. The van der Waals surface area contributed by atoms with Crippen LogP contribution in [0.25, 0.3) is 17.4 Å². The molecule has 4 rings (SSSR count). The second kappa shape index (κ2) is 8.53. The van der Waals surface area contributed by atoms with Crippen molar-refractivity contribution in [2.24, 2.45) is 0 Å². The Kier molecular flexibility index (Phi) is 5.62. The molecule has 0 saturated carbocycles. The van der Waals surface area contributed by atoms with Crippen LogP contribution >= 0.6 is 11.8 Å². The van der Waals surface area contributed by atoms with E-state index in [0.717, 1.165) is 22.2 Å².